The van der Waals surface area contributed by atoms with Crippen molar-refractivity contribution in [2.75, 3.05) is 31.9 Å². The van der Waals surface area contributed by atoms with Gasteiger partial charge in [-0.1, -0.05) is 6.92 Å². The molecule has 2 N–H and O–H groups in total. The number of piperidine rings is 1. The Balaban J connectivity index is 1.86. The molecule has 0 bridgehead atoms. The van der Waals surface area contributed by atoms with Crippen molar-refractivity contribution in [1.82, 2.24) is 9.80 Å². The van der Waals surface area contributed by atoms with Crippen LogP contribution >= 0.6 is 0 Å². The molecule has 2 heterocycles. The minimum absolute atomic E-state index is 0.0794. The van der Waals surface area contributed by atoms with Gasteiger partial charge < -0.3 is 9.80 Å². The molecule has 0 saturated carbocycles. The summed E-state index contributed by atoms with van der Waals surface area (Å²) in [7, 11) is -3.49. The Bertz CT molecular complexity index is 444. The summed E-state index contributed by atoms with van der Waals surface area (Å²) in [6.45, 7) is 5.90. The molecule has 6 nitrogen and oxygen atoms in total. The number of likely N-dealkylation sites (tertiary alicyclic amines) is 2. The van der Waals surface area contributed by atoms with E-state index < -0.39 is 10.0 Å². The van der Waals surface area contributed by atoms with Gasteiger partial charge in [0.2, 0.25) is 15.9 Å². The van der Waals surface area contributed by atoms with Crippen molar-refractivity contribution >= 4 is 15.9 Å². The molecular formula is C13H25N3O3S. The Morgan fingerprint density at radius 3 is 2.50 bits per heavy atom. The minimum atomic E-state index is -3.49. The molecule has 1 atom stereocenters. The van der Waals surface area contributed by atoms with Crippen LogP contribution in [0.5, 0.6) is 0 Å². The van der Waals surface area contributed by atoms with E-state index in [4.69, 9.17) is 5.14 Å². The summed E-state index contributed by atoms with van der Waals surface area (Å²) >= 11 is 0. The summed E-state index contributed by atoms with van der Waals surface area (Å²) < 4.78 is 22.3. The normalized spacial score (nSPS) is 26.4. The van der Waals surface area contributed by atoms with Crippen LogP contribution in [-0.4, -0.2) is 62.1 Å². The molecule has 2 saturated heterocycles. The van der Waals surface area contributed by atoms with Crippen LogP contribution in [0.3, 0.4) is 0 Å². The highest BCUT2D eigenvalue weighted by Crippen LogP contribution is 2.26. The zero-order valence-corrected chi connectivity index (χ0v) is 12.9. The first-order chi connectivity index (χ1) is 9.39. The summed E-state index contributed by atoms with van der Waals surface area (Å²) in [5.74, 6) is -0.122. The molecule has 7 heteroatoms. The molecule has 0 radical (unpaired) electrons. The molecule has 0 spiro atoms. The number of hydrogen-bond acceptors (Lipinski definition) is 4. The Morgan fingerprint density at radius 1 is 1.30 bits per heavy atom. The zero-order chi connectivity index (χ0) is 14.8. The monoisotopic (exact) mass is 303 g/mol. The van der Waals surface area contributed by atoms with Gasteiger partial charge in [0.25, 0.3) is 0 Å². The van der Waals surface area contributed by atoms with Crippen molar-refractivity contribution in [3.63, 3.8) is 0 Å². The Labute approximate surface area is 121 Å². The number of amides is 1. The lowest BCUT2D eigenvalue weighted by Gasteiger charge is -2.36. The summed E-state index contributed by atoms with van der Waals surface area (Å²) in [4.78, 5) is 16.4. The van der Waals surface area contributed by atoms with E-state index in [2.05, 4.69) is 11.8 Å². The quantitative estimate of drug-likeness (QED) is 0.775. The van der Waals surface area contributed by atoms with Crippen LogP contribution in [0.4, 0.5) is 0 Å². The van der Waals surface area contributed by atoms with E-state index in [1.165, 1.54) is 0 Å². The van der Waals surface area contributed by atoms with Gasteiger partial charge in [-0.3, -0.25) is 4.79 Å². The van der Waals surface area contributed by atoms with Crippen LogP contribution in [0, 0.1) is 5.92 Å². The lowest BCUT2D eigenvalue weighted by atomic mass is 10.0. The highest BCUT2D eigenvalue weighted by molar-refractivity contribution is 7.89. The zero-order valence-electron chi connectivity index (χ0n) is 12.1. The molecule has 116 valence electrons. The molecule has 0 aromatic rings. The van der Waals surface area contributed by atoms with Crippen molar-refractivity contribution in [3.05, 3.63) is 0 Å². The van der Waals surface area contributed by atoms with Gasteiger partial charge in [-0.25, -0.2) is 13.6 Å². The molecule has 0 aliphatic carbocycles. The number of rotatable bonds is 5. The number of nitrogens with two attached hydrogens (primary N) is 1. The van der Waals surface area contributed by atoms with Crippen LogP contribution in [0.25, 0.3) is 0 Å². The number of carbonyl (C=O) groups is 1. The predicted molar refractivity (Wildman–Crippen MR) is 77.5 cm³/mol. The fraction of sp³-hybridized carbons (Fsp3) is 0.923. The molecule has 1 amide bonds. The number of carbonyl (C=O) groups excluding carboxylic acids is 1. The molecule has 2 aliphatic rings. The van der Waals surface area contributed by atoms with Gasteiger partial charge in [-0.15, -0.1) is 0 Å². The summed E-state index contributed by atoms with van der Waals surface area (Å²) in [5.41, 5.74) is 0. The van der Waals surface area contributed by atoms with Crippen molar-refractivity contribution in [2.45, 2.75) is 38.6 Å². The first kappa shape index (κ1) is 15.7. The first-order valence-electron chi connectivity index (χ1n) is 7.41. The van der Waals surface area contributed by atoms with Gasteiger partial charge in [-0.05, 0) is 25.8 Å². The summed E-state index contributed by atoms with van der Waals surface area (Å²) in [6.07, 6.45) is 3.47. The van der Waals surface area contributed by atoms with Crippen LogP contribution in [0.1, 0.15) is 32.6 Å². The van der Waals surface area contributed by atoms with E-state index in [-0.39, 0.29) is 23.6 Å². The Morgan fingerprint density at radius 2 is 1.95 bits per heavy atom. The summed E-state index contributed by atoms with van der Waals surface area (Å²) in [6, 6.07) is 0.279. The number of hydrogen-bond donors (Lipinski definition) is 1. The van der Waals surface area contributed by atoms with E-state index in [9.17, 15) is 13.2 Å². The van der Waals surface area contributed by atoms with Gasteiger partial charge in [-0.2, -0.15) is 0 Å². The molecule has 20 heavy (non-hydrogen) atoms. The Hall–Kier alpha value is -0.660. The SMILES string of the molecule is CCCN1CCC(N2CC(CS(N)(=O)=O)CC2=O)CC1. The van der Waals surface area contributed by atoms with Crippen molar-refractivity contribution in [2.24, 2.45) is 11.1 Å². The van der Waals surface area contributed by atoms with E-state index in [1.807, 2.05) is 4.90 Å². The van der Waals surface area contributed by atoms with Gasteiger partial charge in [0, 0.05) is 38.0 Å². The van der Waals surface area contributed by atoms with E-state index in [0.717, 1.165) is 38.9 Å². The number of sulfonamides is 1. The second-order valence-electron chi connectivity index (χ2n) is 6.02. The average Bonchev–Trinajstić information content (AvgIpc) is 2.69. The molecule has 1 unspecified atom stereocenters. The van der Waals surface area contributed by atoms with E-state index >= 15 is 0 Å². The maximum atomic E-state index is 12.1. The molecule has 2 rings (SSSR count). The lowest BCUT2D eigenvalue weighted by molar-refractivity contribution is -0.130. The van der Waals surface area contributed by atoms with Crippen LogP contribution < -0.4 is 5.14 Å². The van der Waals surface area contributed by atoms with Crippen molar-refractivity contribution < 1.29 is 13.2 Å². The van der Waals surface area contributed by atoms with Crippen LogP contribution in [-0.2, 0) is 14.8 Å². The maximum absolute atomic E-state index is 12.1. The third-order valence-corrected chi connectivity index (χ3v) is 5.18. The topological polar surface area (TPSA) is 83.7 Å². The highest BCUT2D eigenvalue weighted by atomic mass is 32.2. The highest BCUT2D eigenvalue weighted by Gasteiger charge is 2.36. The van der Waals surface area contributed by atoms with Gasteiger partial charge in [0.1, 0.15) is 0 Å². The fourth-order valence-electron chi connectivity index (χ4n) is 3.37. The summed E-state index contributed by atoms with van der Waals surface area (Å²) in [5, 5.41) is 5.07. The minimum Gasteiger partial charge on any atom is -0.339 e. The van der Waals surface area contributed by atoms with Gasteiger partial charge in [0.15, 0.2) is 0 Å². The first-order valence-corrected chi connectivity index (χ1v) is 9.13. The molecular weight excluding hydrogens is 278 g/mol. The number of primary sulfonamides is 1. The van der Waals surface area contributed by atoms with Crippen LogP contribution in [0.2, 0.25) is 0 Å². The Kier molecular flexibility index (Phi) is 5.04. The third kappa shape index (κ3) is 4.17. The van der Waals surface area contributed by atoms with E-state index in [1.54, 1.807) is 0 Å². The average molecular weight is 303 g/mol. The standard InChI is InChI=1S/C13H25N3O3S/c1-2-5-15-6-3-12(4-7-15)16-9-11(8-13(16)17)10-20(14,18)19/h11-12H,2-10H2,1H3,(H2,14,18,19). The number of nitrogens with zero attached hydrogens (tertiary/aromatic N) is 2. The molecule has 2 aliphatic heterocycles. The maximum Gasteiger partial charge on any atom is 0.223 e. The van der Waals surface area contributed by atoms with Gasteiger partial charge >= 0.3 is 0 Å². The largest absolute Gasteiger partial charge is 0.339 e. The van der Waals surface area contributed by atoms with Gasteiger partial charge in [0.05, 0.1) is 5.75 Å². The smallest absolute Gasteiger partial charge is 0.223 e. The second-order valence-corrected chi connectivity index (χ2v) is 7.68. The lowest BCUT2D eigenvalue weighted by Crippen LogP contribution is -2.45. The second kappa shape index (κ2) is 6.41. The molecule has 2 fully saturated rings. The molecule has 0 aromatic heterocycles. The van der Waals surface area contributed by atoms with E-state index in [0.29, 0.717) is 13.0 Å². The van der Waals surface area contributed by atoms with Crippen molar-refractivity contribution in [1.29, 1.82) is 0 Å². The molecule has 0 aromatic carbocycles. The fourth-order valence-corrected chi connectivity index (χ4v) is 4.25. The van der Waals surface area contributed by atoms with Crippen LogP contribution in [0.15, 0.2) is 0 Å². The third-order valence-electron chi connectivity index (χ3n) is 4.24. The van der Waals surface area contributed by atoms with Crippen molar-refractivity contribution in [3.8, 4) is 0 Å². The predicted octanol–water partition coefficient (Wildman–Crippen LogP) is -0.00220.